The van der Waals surface area contributed by atoms with E-state index in [0.29, 0.717) is 12.3 Å². The highest BCUT2D eigenvalue weighted by molar-refractivity contribution is 5.74. The Morgan fingerprint density at radius 1 is 1.38 bits per heavy atom. The zero-order valence-corrected chi connectivity index (χ0v) is 13.3. The minimum absolute atomic E-state index is 0.0256. The smallest absolute Gasteiger partial charge is 0.388 e. The van der Waals surface area contributed by atoms with Gasteiger partial charge in [-0.05, 0) is 15.5 Å². The topological polar surface area (TPSA) is 115 Å². The Morgan fingerprint density at radius 2 is 2.08 bits per heavy atom. The van der Waals surface area contributed by atoms with Crippen LogP contribution in [0.2, 0.25) is 0 Å². The number of aliphatic hydroxyl groups excluding tert-OH is 1. The second-order valence-electron chi connectivity index (χ2n) is 5.36. The number of hydrogen-bond acceptors (Lipinski definition) is 7. The molecule has 0 amide bonds. The van der Waals surface area contributed by atoms with E-state index in [2.05, 4.69) is 4.98 Å². The number of likely N-dealkylation sites (N-methyl/N-ethyl adjacent to an activating group) is 1. The summed E-state index contributed by atoms with van der Waals surface area (Å²) in [6.45, 7) is 0.775. The summed E-state index contributed by atoms with van der Waals surface area (Å²) in [6.07, 6.45) is 0.559. The first-order valence-electron chi connectivity index (χ1n) is 7.38. The minimum Gasteiger partial charge on any atom is -0.390 e. The second-order valence-corrected chi connectivity index (χ2v) is 5.36. The summed E-state index contributed by atoms with van der Waals surface area (Å²) >= 11 is 0. The van der Waals surface area contributed by atoms with Gasteiger partial charge in [0.15, 0.2) is 5.69 Å². The number of nitrogen functional groups attached to an aromatic ring is 1. The lowest BCUT2D eigenvalue weighted by Crippen LogP contribution is -2.32. The number of nitro groups is 1. The first-order chi connectivity index (χ1) is 11.5. The van der Waals surface area contributed by atoms with Crippen molar-refractivity contribution in [3.8, 4) is 0 Å². The molecule has 0 aliphatic carbocycles. The molecule has 0 saturated heterocycles. The average molecular weight is 332 g/mol. The van der Waals surface area contributed by atoms with Crippen LogP contribution in [0.1, 0.15) is 5.56 Å². The molecule has 0 aliphatic heterocycles. The molecule has 1 heterocycles. The zero-order chi connectivity index (χ0) is 17.5. The van der Waals surface area contributed by atoms with Crippen LogP contribution in [0.25, 0.3) is 0 Å². The maximum absolute atomic E-state index is 10.9. The highest BCUT2D eigenvalue weighted by Crippen LogP contribution is 2.29. The van der Waals surface area contributed by atoms with Gasteiger partial charge in [0.25, 0.3) is 0 Å². The van der Waals surface area contributed by atoms with Gasteiger partial charge in [-0.3, -0.25) is 0 Å². The molecular weight excluding hydrogens is 312 g/mol. The van der Waals surface area contributed by atoms with E-state index in [1.54, 1.807) is 18.0 Å². The summed E-state index contributed by atoms with van der Waals surface area (Å²) in [6, 6.07) is 11.2. The molecule has 1 aromatic heterocycles. The molecular formula is C16H20N4O4. The van der Waals surface area contributed by atoms with Gasteiger partial charge in [-0.15, -0.1) is 0 Å². The van der Waals surface area contributed by atoms with E-state index in [-0.39, 0.29) is 18.8 Å². The van der Waals surface area contributed by atoms with Crippen LogP contribution in [0.15, 0.2) is 42.6 Å². The van der Waals surface area contributed by atoms with Crippen molar-refractivity contribution < 1.29 is 14.8 Å². The van der Waals surface area contributed by atoms with Crippen molar-refractivity contribution >= 4 is 17.2 Å². The highest BCUT2D eigenvalue weighted by Gasteiger charge is 2.20. The van der Waals surface area contributed by atoms with E-state index >= 15 is 0 Å². The monoisotopic (exact) mass is 332 g/mol. The second kappa shape index (κ2) is 8.23. The van der Waals surface area contributed by atoms with Crippen LogP contribution in [0.3, 0.4) is 0 Å². The largest absolute Gasteiger partial charge is 0.390 e. The first kappa shape index (κ1) is 17.6. The summed E-state index contributed by atoms with van der Waals surface area (Å²) < 4.78 is 5.48. The van der Waals surface area contributed by atoms with Gasteiger partial charge in [0.1, 0.15) is 6.20 Å². The van der Waals surface area contributed by atoms with Crippen molar-refractivity contribution in [3.05, 3.63) is 58.3 Å². The van der Waals surface area contributed by atoms with E-state index in [9.17, 15) is 15.2 Å². The molecule has 2 aromatic rings. The maximum atomic E-state index is 10.9. The Morgan fingerprint density at radius 3 is 2.75 bits per heavy atom. The fourth-order valence-corrected chi connectivity index (χ4v) is 2.28. The Kier molecular flexibility index (Phi) is 6.05. The number of nitrogens with zero attached hydrogens (tertiary/aromatic N) is 3. The summed E-state index contributed by atoms with van der Waals surface area (Å²) in [5.74, 6) is -0.394. The molecule has 8 nitrogen and oxygen atoms in total. The number of benzene rings is 1. The Bertz CT molecular complexity index is 681. The first-order valence-corrected chi connectivity index (χ1v) is 7.38. The third-order valence-corrected chi connectivity index (χ3v) is 3.44. The summed E-state index contributed by atoms with van der Waals surface area (Å²) in [5.41, 5.74) is 7.22. The number of ether oxygens (including phenoxy) is 1. The van der Waals surface area contributed by atoms with Crippen LogP contribution in [-0.2, 0) is 11.3 Å². The molecule has 0 spiro atoms. The molecule has 1 unspecified atom stereocenters. The van der Waals surface area contributed by atoms with Crippen LogP contribution >= 0.6 is 0 Å². The number of rotatable bonds is 8. The molecule has 0 bridgehead atoms. The normalized spacial score (nSPS) is 11.9. The van der Waals surface area contributed by atoms with Gasteiger partial charge in [-0.2, -0.15) is 0 Å². The Labute approximate surface area is 139 Å². The van der Waals surface area contributed by atoms with Gasteiger partial charge < -0.3 is 30.6 Å². The third kappa shape index (κ3) is 4.64. The van der Waals surface area contributed by atoms with Crippen LogP contribution < -0.4 is 10.6 Å². The van der Waals surface area contributed by atoms with Gasteiger partial charge >= 0.3 is 5.82 Å². The third-order valence-electron chi connectivity index (χ3n) is 3.44. The number of nitrogens with two attached hydrogens (primary N) is 1. The number of aliphatic hydroxyl groups is 1. The Hall–Kier alpha value is -2.71. The van der Waals surface area contributed by atoms with Gasteiger partial charge in [0.2, 0.25) is 0 Å². The predicted octanol–water partition coefficient (Wildman–Crippen LogP) is 1.59. The van der Waals surface area contributed by atoms with Gasteiger partial charge in [-0.1, -0.05) is 30.3 Å². The molecule has 3 N–H and O–H groups in total. The summed E-state index contributed by atoms with van der Waals surface area (Å²) in [4.78, 5) is 15.5. The average Bonchev–Trinajstić information content (AvgIpc) is 2.55. The molecule has 0 aliphatic rings. The van der Waals surface area contributed by atoms with E-state index in [4.69, 9.17) is 10.5 Å². The van der Waals surface area contributed by atoms with Crippen molar-refractivity contribution in [2.45, 2.75) is 12.7 Å². The zero-order valence-electron chi connectivity index (χ0n) is 13.3. The molecule has 0 saturated carbocycles. The maximum Gasteiger partial charge on any atom is 0.388 e. The van der Waals surface area contributed by atoms with Crippen molar-refractivity contribution in [2.24, 2.45) is 0 Å². The predicted molar refractivity (Wildman–Crippen MR) is 90.7 cm³/mol. The van der Waals surface area contributed by atoms with E-state index in [1.807, 2.05) is 30.3 Å². The van der Waals surface area contributed by atoms with Crippen molar-refractivity contribution in [1.82, 2.24) is 4.98 Å². The summed E-state index contributed by atoms with van der Waals surface area (Å²) in [5, 5.41) is 20.9. The lowest BCUT2D eigenvalue weighted by molar-refractivity contribution is -0.388. The van der Waals surface area contributed by atoms with Crippen LogP contribution in [-0.4, -0.2) is 41.3 Å². The number of aromatic nitrogens is 1. The van der Waals surface area contributed by atoms with Crippen LogP contribution in [0.5, 0.6) is 0 Å². The quantitative estimate of drug-likeness (QED) is 0.557. The summed E-state index contributed by atoms with van der Waals surface area (Å²) in [7, 11) is 1.69. The molecule has 2 rings (SSSR count). The van der Waals surface area contributed by atoms with E-state index < -0.39 is 16.8 Å². The minimum atomic E-state index is -0.759. The fourth-order valence-electron chi connectivity index (χ4n) is 2.28. The molecule has 0 radical (unpaired) electrons. The molecule has 8 heteroatoms. The molecule has 24 heavy (non-hydrogen) atoms. The molecule has 128 valence electrons. The van der Waals surface area contributed by atoms with Gasteiger partial charge in [-0.25, -0.2) is 0 Å². The van der Waals surface area contributed by atoms with Crippen LogP contribution in [0.4, 0.5) is 17.2 Å². The van der Waals surface area contributed by atoms with E-state index in [0.717, 1.165) is 5.56 Å². The number of hydrogen-bond donors (Lipinski definition) is 2. The van der Waals surface area contributed by atoms with Crippen molar-refractivity contribution in [3.63, 3.8) is 0 Å². The standard InChI is InChI=1S/C16H20N4O4/c1-19(14-7-8-18-16(15(14)17)20(22)23)9-13(21)11-24-10-12-5-3-2-4-6-12/h2-8,13,21H,9-11,17H2,1H3. The fraction of sp³-hybridized carbons (Fsp3) is 0.312. The van der Waals surface area contributed by atoms with Crippen molar-refractivity contribution in [1.29, 1.82) is 0 Å². The number of pyridine rings is 1. The molecule has 0 fully saturated rings. The molecule has 1 atom stereocenters. The van der Waals surface area contributed by atoms with E-state index in [1.165, 1.54) is 6.20 Å². The van der Waals surface area contributed by atoms with Crippen LogP contribution in [0, 0.1) is 10.1 Å². The van der Waals surface area contributed by atoms with Gasteiger partial charge in [0.05, 0.1) is 25.0 Å². The lowest BCUT2D eigenvalue weighted by Gasteiger charge is -2.23. The highest BCUT2D eigenvalue weighted by atomic mass is 16.6. The number of anilines is 2. The molecule has 1 aromatic carbocycles. The van der Waals surface area contributed by atoms with Gasteiger partial charge in [0, 0.05) is 19.7 Å². The van der Waals surface area contributed by atoms with Crippen molar-refractivity contribution in [2.75, 3.05) is 30.8 Å². The Balaban J connectivity index is 1.88. The lowest BCUT2D eigenvalue weighted by atomic mass is 10.2. The SMILES string of the molecule is CN(CC(O)COCc1ccccc1)c1ccnc([N+](=O)[O-])c1N.